The molecule has 9 nitrogen and oxygen atoms in total. The standard InChI is InChI=1S/C24H27F3N4O5S2/c1-16-28-22-13-19(3-5-23(22)37-16)35-15-18(32)14-31-10-8-30(9-11-31)7-6-17-12-20(36-24(25,26)27)2-4-21(17)29-38(33)34/h2-5,12-13,18,32H,6-11,14-15H2,1H3/t18-/m1/s1. The summed E-state index contributed by atoms with van der Waals surface area (Å²) in [4.78, 5) is 8.70. The number of thiazole rings is 1. The normalized spacial score (nSPS) is 15.9. The number of fused-ring (bicyclic) bond motifs is 1. The smallest absolute Gasteiger partial charge is 0.491 e. The zero-order chi connectivity index (χ0) is 27.3. The lowest BCUT2D eigenvalue weighted by molar-refractivity contribution is -0.274. The van der Waals surface area contributed by atoms with Gasteiger partial charge in [0.2, 0.25) is 0 Å². The van der Waals surface area contributed by atoms with E-state index in [4.69, 9.17) is 4.74 Å². The van der Waals surface area contributed by atoms with Gasteiger partial charge in [-0.1, -0.05) is 0 Å². The number of halogens is 3. The Bertz CT molecular complexity index is 1380. The Hall–Kier alpha value is -2.78. The SMILES string of the molecule is Cc1nc2cc(OC[C@H](O)CN3CCN(CCc4cc(OC(F)(F)F)ccc4N=S(=O)=O)CC3)ccc2s1. The highest BCUT2D eigenvalue weighted by atomic mass is 32.2. The molecule has 0 amide bonds. The van der Waals surface area contributed by atoms with Crippen molar-refractivity contribution in [3.63, 3.8) is 0 Å². The molecule has 3 aromatic rings. The number of rotatable bonds is 10. The molecule has 206 valence electrons. The van der Waals surface area contributed by atoms with Gasteiger partial charge in [0, 0.05) is 45.3 Å². The number of hydrogen-bond acceptors (Lipinski definition) is 10. The van der Waals surface area contributed by atoms with Gasteiger partial charge in [0.15, 0.2) is 0 Å². The molecule has 1 aromatic heterocycles. The van der Waals surface area contributed by atoms with Crippen LogP contribution in [0.1, 0.15) is 10.6 Å². The summed E-state index contributed by atoms with van der Waals surface area (Å²) in [6, 6.07) is 9.08. The van der Waals surface area contributed by atoms with E-state index in [2.05, 4.69) is 23.9 Å². The van der Waals surface area contributed by atoms with E-state index < -0.39 is 28.7 Å². The number of aryl methyl sites for hydroxylation is 1. The van der Waals surface area contributed by atoms with Crippen LogP contribution < -0.4 is 9.47 Å². The van der Waals surface area contributed by atoms with E-state index in [1.807, 2.05) is 25.1 Å². The van der Waals surface area contributed by atoms with Gasteiger partial charge >= 0.3 is 16.9 Å². The van der Waals surface area contributed by atoms with E-state index in [1.54, 1.807) is 11.3 Å². The number of hydrogen-bond donors (Lipinski definition) is 1. The van der Waals surface area contributed by atoms with E-state index in [9.17, 15) is 26.7 Å². The Morgan fingerprint density at radius 3 is 2.53 bits per heavy atom. The number of β-amino-alcohol motifs (C(OH)–C–C–N with tert-alkyl or cyclic N) is 1. The van der Waals surface area contributed by atoms with Crippen LogP contribution in [-0.2, 0) is 16.9 Å². The highest BCUT2D eigenvalue weighted by Crippen LogP contribution is 2.29. The fourth-order valence-corrected chi connectivity index (χ4v) is 5.40. The predicted octanol–water partition coefficient (Wildman–Crippen LogP) is 3.80. The number of benzene rings is 2. The fraction of sp³-hybridized carbons (Fsp3) is 0.458. The molecule has 1 fully saturated rings. The maximum Gasteiger partial charge on any atom is 0.573 e. The predicted molar refractivity (Wildman–Crippen MR) is 137 cm³/mol. The first-order valence-corrected chi connectivity index (χ1v) is 13.7. The van der Waals surface area contributed by atoms with Crippen LogP contribution in [0, 0.1) is 6.92 Å². The fourth-order valence-electron chi connectivity index (χ4n) is 4.26. The van der Waals surface area contributed by atoms with Crippen molar-refractivity contribution in [2.24, 2.45) is 4.36 Å². The Morgan fingerprint density at radius 2 is 1.82 bits per heavy atom. The molecule has 4 rings (SSSR count). The van der Waals surface area contributed by atoms with Gasteiger partial charge in [-0.05, 0) is 49.2 Å². The maximum absolute atomic E-state index is 12.6. The summed E-state index contributed by atoms with van der Waals surface area (Å²) in [6.07, 6.45) is -5.23. The van der Waals surface area contributed by atoms with Crippen LogP contribution in [0.3, 0.4) is 0 Å². The third kappa shape index (κ3) is 8.36. The van der Waals surface area contributed by atoms with Crippen LogP contribution in [0.25, 0.3) is 10.2 Å². The van der Waals surface area contributed by atoms with Crippen molar-refractivity contribution >= 4 is 37.7 Å². The van der Waals surface area contributed by atoms with E-state index in [0.29, 0.717) is 57.0 Å². The second-order valence-electron chi connectivity index (χ2n) is 8.87. The summed E-state index contributed by atoms with van der Waals surface area (Å²) >= 11 is 1.61. The zero-order valence-electron chi connectivity index (χ0n) is 20.5. The third-order valence-corrected chi connectivity index (χ3v) is 7.29. The molecule has 2 heterocycles. The van der Waals surface area contributed by atoms with Crippen LogP contribution in [0.2, 0.25) is 0 Å². The molecule has 1 aliphatic rings. The molecule has 1 N–H and O–H groups in total. The molecule has 38 heavy (non-hydrogen) atoms. The van der Waals surface area contributed by atoms with E-state index in [0.717, 1.165) is 21.3 Å². The minimum atomic E-state index is -4.85. The number of ether oxygens (including phenoxy) is 2. The van der Waals surface area contributed by atoms with Crippen LogP contribution in [0.5, 0.6) is 11.5 Å². The molecule has 0 unspecified atom stereocenters. The first-order chi connectivity index (χ1) is 18.0. The molecule has 0 radical (unpaired) electrons. The largest absolute Gasteiger partial charge is 0.573 e. The third-order valence-electron chi connectivity index (χ3n) is 6.00. The Labute approximate surface area is 223 Å². The summed E-state index contributed by atoms with van der Waals surface area (Å²) in [7, 11) is -2.74. The van der Waals surface area contributed by atoms with Gasteiger partial charge in [-0.15, -0.1) is 28.9 Å². The molecule has 0 saturated carbocycles. The lowest BCUT2D eigenvalue weighted by atomic mass is 10.1. The van der Waals surface area contributed by atoms with Gasteiger partial charge in [0.1, 0.15) is 24.2 Å². The van der Waals surface area contributed by atoms with Crippen LogP contribution in [-0.4, -0.2) is 86.6 Å². The van der Waals surface area contributed by atoms with Crippen molar-refractivity contribution in [1.29, 1.82) is 0 Å². The lowest BCUT2D eigenvalue weighted by Gasteiger charge is -2.35. The van der Waals surface area contributed by atoms with Crippen molar-refractivity contribution in [3.8, 4) is 11.5 Å². The van der Waals surface area contributed by atoms with Crippen molar-refractivity contribution < 1.29 is 36.2 Å². The van der Waals surface area contributed by atoms with E-state index in [1.165, 1.54) is 12.1 Å². The Balaban J connectivity index is 1.24. The second-order valence-corrected chi connectivity index (χ2v) is 10.7. The minimum absolute atomic E-state index is 0.0821. The average Bonchev–Trinajstić information content (AvgIpc) is 3.21. The quantitative estimate of drug-likeness (QED) is 0.391. The molecular weight excluding hydrogens is 545 g/mol. The molecule has 0 spiro atoms. The Morgan fingerprint density at radius 1 is 1.11 bits per heavy atom. The average molecular weight is 573 g/mol. The second kappa shape index (κ2) is 12.4. The van der Waals surface area contributed by atoms with Gasteiger partial charge in [0.05, 0.1) is 20.9 Å². The molecule has 14 heteroatoms. The molecule has 0 aliphatic carbocycles. The maximum atomic E-state index is 12.6. The van der Waals surface area contributed by atoms with Gasteiger partial charge in [-0.25, -0.2) is 4.98 Å². The summed E-state index contributed by atoms with van der Waals surface area (Å²) in [6.45, 7) is 5.81. The highest BCUT2D eigenvalue weighted by Gasteiger charge is 2.31. The number of aliphatic hydroxyl groups is 1. The number of alkyl halides is 3. The molecule has 1 saturated heterocycles. The number of piperazine rings is 1. The summed E-state index contributed by atoms with van der Waals surface area (Å²) < 4.78 is 74.1. The van der Waals surface area contributed by atoms with Crippen molar-refractivity contribution in [3.05, 3.63) is 47.0 Å². The summed E-state index contributed by atoms with van der Waals surface area (Å²) in [5.74, 6) is 0.231. The molecule has 1 aliphatic heterocycles. The van der Waals surface area contributed by atoms with Crippen molar-refractivity contribution in [1.82, 2.24) is 14.8 Å². The van der Waals surface area contributed by atoms with Crippen molar-refractivity contribution in [2.45, 2.75) is 25.8 Å². The minimum Gasteiger partial charge on any atom is -0.491 e. The van der Waals surface area contributed by atoms with Gasteiger partial charge in [-0.2, -0.15) is 8.42 Å². The van der Waals surface area contributed by atoms with Crippen LogP contribution in [0.4, 0.5) is 18.9 Å². The van der Waals surface area contributed by atoms with Gasteiger partial charge in [0.25, 0.3) is 0 Å². The lowest BCUT2D eigenvalue weighted by Crippen LogP contribution is -2.49. The first-order valence-electron chi connectivity index (χ1n) is 11.9. The first kappa shape index (κ1) is 28.2. The topological polar surface area (TPSA) is 105 Å². The van der Waals surface area contributed by atoms with Crippen LogP contribution >= 0.6 is 11.3 Å². The number of aliphatic hydroxyl groups excluding tert-OH is 1. The summed E-state index contributed by atoms with van der Waals surface area (Å²) in [5.41, 5.74) is 1.30. The van der Waals surface area contributed by atoms with E-state index >= 15 is 0 Å². The molecule has 2 aromatic carbocycles. The zero-order valence-corrected chi connectivity index (χ0v) is 22.2. The van der Waals surface area contributed by atoms with Gasteiger partial charge in [-0.3, -0.25) is 4.90 Å². The summed E-state index contributed by atoms with van der Waals surface area (Å²) in [5, 5.41) is 11.4. The van der Waals surface area contributed by atoms with E-state index in [-0.39, 0.29) is 12.3 Å². The number of nitrogens with zero attached hydrogens (tertiary/aromatic N) is 4. The molecule has 1 atom stereocenters. The molecule has 0 bridgehead atoms. The monoisotopic (exact) mass is 572 g/mol. The molecular formula is C24H27F3N4O5S2. The van der Waals surface area contributed by atoms with Crippen molar-refractivity contribution in [2.75, 3.05) is 45.9 Å². The van der Waals surface area contributed by atoms with Crippen LogP contribution in [0.15, 0.2) is 40.8 Å². The van der Waals surface area contributed by atoms with Gasteiger partial charge < -0.3 is 19.5 Å². The number of aromatic nitrogens is 1. The Kier molecular flexibility index (Phi) is 9.20. The highest BCUT2D eigenvalue weighted by molar-refractivity contribution is 7.61.